The Labute approximate surface area is 114 Å². The van der Waals surface area contributed by atoms with Crippen molar-refractivity contribution < 1.29 is 4.92 Å². The minimum atomic E-state index is -0.386. The van der Waals surface area contributed by atoms with Gasteiger partial charge in [-0.3, -0.25) is 10.1 Å². The van der Waals surface area contributed by atoms with Crippen molar-refractivity contribution in [3.05, 3.63) is 44.9 Å². The van der Waals surface area contributed by atoms with Crippen LogP contribution in [0.3, 0.4) is 0 Å². The molecule has 0 aliphatic heterocycles. The molecule has 1 unspecified atom stereocenters. The van der Waals surface area contributed by atoms with Crippen molar-refractivity contribution in [2.45, 2.75) is 13.0 Å². The molecule has 7 heteroatoms. The van der Waals surface area contributed by atoms with Gasteiger partial charge >= 0.3 is 5.69 Å². The average Bonchev–Trinajstić information content (AvgIpc) is 2.92. The van der Waals surface area contributed by atoms with Crippen LogP contribution in [0.4, 0.5) is 17.1 Å². The van der Waals surface area contributed by atoms with Gasteiger partial charge in [-0.1, -0.05) is 6.07 Å². The normalized spacial score (nSPS) is 11.9. The maximum absolute atomic E-state index is 11.2. The van der Waals surface area contributed by atoms with Crippen LogP contribution in [0.5, 0.6) is 0 Å². The molecule has 0 aliphatic rings. The third-order valence-electron chi connectivity index (χ3n) is 2.68. The summed E-state index contributed by atoms with van der Waals surface area (Å²) in [5.41, 5.74) is 1.02. The van der Waals surface area contributed by atoms with E-state index in [1.165, 1.54) is 11.3 Å². The summed E-state index contributed by atoms with van der Waals surface area (Å²) in [6, 6.07) is 5.07. The van der Waals surface area contributed by atoms with Crippen molar-refractivity contribution in [3.63, 3.8) is 0 Å². The summed E-state index contributed by atoms with van der Waals surface area (Å²) in [7, 11) is 1.66. The van der Waals surface area contributed by atoms with Crippen LogP contribution in [0.2, 0.25) is 0 Å². The first kappa shape index (κ1) is 13.3. The van der Waals surface area contributed by atoms with E-state index in [9.17, 15) is 10.1 Å². The summed E-state index contributed by atoms with van der Waals surface area (Å²) in [5.74, 6) is 0. The lowest BCUT2D eigenvalue weighted by molar-refractivity contribution is -0.383. The monoisotopic (exact) mass is 278 g/mol. The number of para-hydroxylation sites is 1. The zero-order valence-electron chi connectivity index (χ0n) is 10.6. The van der Waals surface area contributed by atoms with Gasteiger partial charge in [0.15, 0.2) is 0 Å². The van der Waals surface area contributed by atoms with Gasteiger partial charge in [-0.25, -0.2) is 4.98 Å². The Bertz CT molecular complexity index is 571. The van der Waals surface area contributed by atoms with E-state index in [1.807, 2.05) is 12.3 Å². The van der Waals surface area contributed by atoms with Gasteiger partial charge in [-0.15, -0.1) is 11.3 Å². The van der Waals surface area contributed by atoms with Gasteiger partial charge in [0.05, 0.1) is 11.0 Å². The van der Waals surface area contributed by atoms with Crippen LogP contribution in [0.15, 0.2) is 29.8 Å². The maximum atomic E-state index is 11.2. The van der Waals surface area contributed by atoms with E-state index >= 15 is 0 Å². The molecule has 0 aliphatic carbocycles. The lowest BCUT2D eigenvalue weighted by atomic mass is 10.2. The standard InChI is InChI=1S/C12H14N4O2S/c1-8(12-14-6-7-19-12)15-10-5-3-4-9(13-2)11(10)16(17)18/h3-8,13,15H,1-2H3. The highest BCUT2D eigenvalue weighted by Gasteiger charge is 2.20. The second-order valence-corrected chi connectivity index (χ2v) is 4.87. The number of anilines is 2. The number of benzene rings is 1. The van der Waals surface area contributed by atoms with E-state index in [-0.39, 0.29) is 16.7 Å². The van der Waals surface area contributed by atoms with Crippen LogP contribution < -0.4 is 10.6 Å². The predicted molar refractivity (Wildman–Crippen MR) is 76.8 cm³/mol. The average molecular weight is 278 g/mol. The summed E-state index contributed by atoms with van der Waals surface area (Å²) < 4.78 is 0. The highest BCUT2D eigenvalue weighted by atomic mass is 32.1. The molecule has 19 heavy (non-hydrogen) atoms. The SMILES string of the molecule is CNc1cccc(NC(C)c2nccs2)c1[N+](=O)[O-]. The summed E-state index contributed by atoms with van der Waals surface area (Å²) in [6.45, 7) is 1.93. The second kappa shape index (κ2) is 5.66. The fourth-order valence-electron chi connectivity index (χ4n) is 1.80. The molecule has 6 nitrogen and oxygen atoms in total. The topological polar surface area (TPSA) is 80.1 Å². The molecular weight excluding hydrogens is 264 g/mol. The Morgan fingerprint density at radius 3 is 2.74 bits per heavy atom. The van der Waals surface area contributed by atoms with Gasteiger partial charge in [-0.2, -0.15) is 0 Å². The number of hydrogen-bond donors (Lipinski definition) is 2. The van der Waals surface area contributed by atoms with Crippen molar-refractivity contribution in [2.75, 3.05) is 17.7 Å². The number of thiazole rings is 1. The van der Waals surface area contributed by atoms with Crippen molar-refractivity contribution in [1.29, 1.82) is 0 Å². The molecule has 2 N–H and O–H groups in total. The van der Waals surface area contributed by atoms with Crippen LogP contribution in [0, 0.1) is 10.1 Å². The number of nitrogens with one attached hydrogen (secondary N) is 2. The molecule has 2 aromatic rings. The lowest BCUT2D eigenvalue weighted by Crippen LogP contribution is -2.09. The molecule has 0 spiro atoms. The van der Waals surface area contributed by atoms with Gasteiger partial charge in [0.1, 0.15) is 16.4 Å². The largest absolute Gasteiger partial charge is 0.382 e. The fourth-order valence-corrected chi connectivity index (χ4v) is 2.45. The first-order chi connectivity index (χ1) is 9.13. The molecule has 100 valence electrons. The molecule has 0 radical (unpaired) electrons. The molecule has 1 heterocycles. The summed E-state index contributed by atoms with van der Waals surface area (Å²) >= 11 is 1.52. The highest BCUT2D eigenvalue weighted by Crippen LogP contribution is 2.34. The molecule has 2 rings (SSSR count). The number of hydrogen-bond acceptors (Lipinski definition) is 6. The van der Waals surface area contributed by atoms with Crippen molar-refractivity contribution in [1.82, 2.24) is 4.98 Å². The predicted octanol–water partition coefficient (Wildman–Crippen LogP) is 3.27. The summed E-state index contributed by atoms with van der Waals surface area (Å²) in [5, 5.41) is 19.9. The molecule has 1 atom stereocenters. The summed E-state index contributed by atoms with van der Waals surface area (Å²) in [6.07, 6.45) is 1.72. The van der Waals surface area contributed by atoms with E-state index in [0.717, 1.165) is 5.01 Å². The third-order valence-corrected chi connectivity index (χ3v) is 3.64. The molecule has 0 saturated carbocycles. The summed E-state index contributed by atoms with van der Waals surface area (Å²) in [4.78, 5) is 15.0. The lowest BCUT2D eigenvalue weighted by Gasteiger charge is -2.14. The van der Waals surface area contributed by atoms with E-state index in [0.29, 0.717) is 11.4 Å². The van der Waals surface area contributed by atoms with E-state index in [4.69, 9.17) is 0 Å². The number of aromatic nitrogens is 1. The third kappa shape index (κ3) is 2.82. The van der Waals surface area contributed by atoms with Crippen LogP contribution in [0.25, 0.3) is 0 Å². The zero-order chi connectivity index (χ0) is 13.8. The minimum absolute atomic E-state index is 0.0495. The van der Waals surface area contributed by atoms with Crippen molar-refractivity contribution in [3.8, 4) is 0 Å². The molecule has 1 aromatic heterocycles. The zero-order valence-corrected chi connectivity index (χ0v) is 11.4. The van der Waals surface area contributed by atoms with E-state index < -0.39 is 0 Å². The van der Waals surface area contributed by atoms with E-state index in [2.05, 4.69) is 15.6 Å². The maximum Gasteiger partial charge on any atom is 0.315 e. The van der Waals surface area contributed by atoms with E-state index in [1.54, 1.807) is 31.4 Å². The molecule has 0 saturated heterocycles. The number of rotatable bonds is 5. The van der Waals surface area contributed by atoms with Crippen molar-refractivity contribution in [2.24, 2.45) is 0 Å². The van der Waals surface area contributed by atoms with Gasteiger partial charge in [0.25, 0.3) is 0 Å². The highest BCUT2D eigenvalue weighted by molar-refractivity contribution is 7.09. The molecule has 0 amide bonds. The van der Waals surface area contributed by atoms with Crippen LogP contribution in [0.1, 0.15) is 18.0 Å². The van der Waals surface area contributed by atoms with Crippen LogP contribution in [-0.2, 0) is 0 Å². The first-order valence-electron chi connectivity index (χ1n) is 5.74. The molecule has 1 aromatic carbocycles. The Morgan fingerprint density at radius 2 is 2.16 bits per heavy atom. The smallest absolute Gasteiger partial charge is 0.315 e. The van der Waals surface area contributed by atoms with Crippen LogP contribution in [-0.4, -0.2) is 17.0 Å². The Kier molecular flexibility index (Phi) is 3.96. The quantitative estimate of drug-likeness (QED) is 0.648. The van der Waals surface area contributed by atoms with Crippen molar-refractivity contribution >= 4 is 28.4 Å². The van der Waals surface area contributed by atoms with Gasteiger partial charge in [0.2, 0.25) is 0 Å². The second-order valence-electron chi connectivity index (χ2n) is 3.95. The fraction of sp³-hybridized carbons (Fsp3) is 0.250. The minimum Gasteiger partial charge on any atom is -0.382 e. The van der Waals surface area contributed by atoms with Gasteiger partial charge in [-0.05, 0) is 19.1 Å². The Hall–Kier alpha value is -2.15. The molecular formula is C12H14N4O2S. The Balaban J connectivity index is 2.32. The molecule has 0 fully saturated rings. The number of nitro groups is 1. The van der Waals surface area contributed by atoms with Gasteiger partial charge in [0, 0.05) is 18.6 Å². The molecule has 0 bridgehead atoms. The first-order valence-corrected chi connectivity index (χ1v) is 6.62. The van der Waals surface area contributed by atoms with Crippen LogP contribution >= 0.6 is 11.3 Å². The van der Waals surface area contributed by atoms with Gasteiger partial charge < -0.3 is 10.6 Å². The Morgan fingerprint density at radius 1 is 1.42 bits per heavy atom. The number of nitro benzene ring substituents is 1. The number of nitrogens with zero attached hydrogens (tertiary/aromatic N) is 2.